The molecule has 0 aromatic carbocycles. The van der Waals surface area contributed by atoms with Gasteiger partial charge in [0.25, 0.3) is 0 Å². The zero-order valence-corrected chi connectivity index (χ0v) is 10.4. The van der Waals surface area contributed by atoms with Gasteiger partial charge >= 0.3 is 0 Å². The first-order valence-corrected chi connectivity index (χ1v) is 6.05. The highest BCUT2D eigenvalue weighted by Crippen LogP contribution is 2.27. The summed E-state index contributed by atoms with van der Waals surface area (Å²) in [7, 11) is 4.06. The topological polar surface area (TPSA) is 28.2 Å². The standard InChI is InChI=1S/C13H21N3/c1-10-4-5-11(8-10)15-13-7-6-12(9-14-13)16(2)3/h6-7,9-11H,4-5,8H2,1-3H3,(H,14,15). The van der Waals surface area contributed by atoms with Gasteiger partial charge in [-0.05, 0) is 37.3 Å². The molecule has 88 valence electrons. The second kappa shape index (κ2) is 4.73. The molecule has 1 aliphatic carbocycles. The third kappa shape index (κ3) is 2.65. The van der Waals surface area contributed by atoms with E-state index in [9.17, 15) is 0 Å². The van der Waals surface area contributed by atoms with Gasteiger partial charge in [0.1, 0.15) is 5.82 Å². The van der Waals surface area contributed by atoms with Gasteiger partial charge in [-0.1, -0.05) is 6.92 Å². The van der Waals surface area contributed by atoms with Crippen LogP contribution in [0.15, 0.2) is 18.3 Å². The molecule has 3 heteroatoms. The van der Waals surface area contributed by atoms with Crippen LogP contribution in [-0.4, -0.2) is 25.1 Å². The van der Waals surface area contributed by atoms with E-state index in [2.05, 4.69) is 34.3 Å². The Balaban J connectivity index is 1.95. The molecule has 0 saturated heterocycles. The fourth-order valence-electron chi connectivity index (χ4n) is 2.28. The van der Waals surface area contributed by atoms with Crippen molar-refractivity contribution < 1.29 is 0 Å². The van der Waals surface area contributed by atoms with Gasteiger partial charge in [-0.15, -0.1) is 0 Å². The molecule has 1 aromatic heterocycles. The Morgan fingerprint density at radius 2 is 2.12 bits per heavy atom. The van der Waals surface area contributed by atoms with Crippen molar-refractivity contribution in [1.29, 1.82) is 0 Å². The van der Waals surface area contributed by atoms with E-state index in [1.165, 1.54) is 19.3 Å². The quantitative estimate of drug-likeness (QED) is 0.847. The van der Waals surface area contributed by atoms with Crippen LogP contribution >= 0.6 is 0 Å². The number of rotatable bonds is 3. The van der Waals surface area contributed by atoms with Crippen LogP contribution in [0.4, 0.5) is 11.5 Å². The Labute approximate surface area is 97.9 Å². The Morgan fingerprint density at radius 3 is 2.62 bits per heavy atom. The van der Waals surface area contributed by atoms with Crippen molar-refractivity contribution in [2.24, 2.45) is 5.92 Å². The number of anilines is 2. The van der Waals surface area contributed by atoms with Crippen LogP contribution in [-0.2, 0) is 0 Å². The molecule has 0 amide bonds. The van der Waals surface area contributed by atoms with Crippen LogP contribution in [0, 0.1) is 5.92 Å². The van der Waals surface area contributed by atoms with E-state index in [0.29, 0.717) is 6.04 Å². The van der Waals surface area contributed by atoms with Gasteiger partial charge in [0, 0.05) is 20.1 Å². The van der Waals surface area contributed by atoms with E-state index in [4.69, 9.17) is 0 Å². The van der Waals surface area contributed by atoms with E-state index < -0.39 is 0 Å². The van der Waals surface area contributed by atoms with Gasteiger partial charge in [-0.25, -0.2) is 4.98 Å². The molecular weight excluding hydrogens is 198 g/mol. The number of nitrogens with zero attached hydrogens (tertiary/aromatic N) is 2. The van der Waals surface area contributed by atoms with E-state index >= 15 is 0 Å². The molecule has 2 atom stereocenters. The van der Waals surface area contributed by atoms with Gasteiger partial charge in [-0.3, -0.25) is 0 Å². The Morgan fingerprint density at radius 1 is 1.31 bits per heavy atom. The lowest BCUT2D eigenvalue weighted by Gasteiger charge is -2.15. The smallest absolute Gasteiger partial charge is 0.126 e. The summed E-state index contributed by atoms with van der Waals surface area (Å²) in [5, 5.41) is 3.51. The van der Waals surface area contributed by atoms with E-state index in [-0.39, 0.29) is 0 Å². The molecule has 1 N–H and O–H groups in total. The molecule has 16 heavy (non-hydrogen) atoms. The first kappa shape index (κ1) is 11.2. The highest BCUT2D eigenvalue weighted by atomic mass is 15.1. The van der Waals surface area contributed by atoms with Crippen molar-refractivity contribution in [3.63, 3.8) is 0 Å². The SMILES string of the molecule is CC1CCC(Nc2ccc(N(C)C)cn2)C1. The molecule has 3 nitrogen and oxygen atoms in total. The average molecular weight is 219 g/mol. The maximum atomic E-state index is 4.44. The summed E-state index contributed by atoms with van der Waals surface area (Å²) in [5.41, 5.74) is 1.14. The molecule has 0 aliphatic heterocycles. The predicted octanol–water partition coefficient (Wildman–Crippen LogP) is 2.75. The van der Waals surface area contributed by atoms with Gasteiger partial charge in [0.15, 0.2) is 0 Å². The molecule has 1 aliphatic rings. The summed E-state index contributed by atoms with van der Waals surface area (Å²) >= 11 is 0. The highest BCUT2D eigenvalue weighted by Gasteiger charge is 2.21. The fraction of sp³-hybridized carbons (Fsp3) is 0.615. The molecule has 2 rings (SSSR count). The third-order valence-electron chi connectivity index (χ3n) is 3.31. The van der Waals surface area contributed by atoms with Crippen molar-refractivity contribution in [2.75, 3.05) is 24.3 Å². The predicted molar refractivity (Wildman–Crippen MR) is 69.0 cm³/mol. The van der Waals surface area contributed by atoms with Crippen molar-refractivity contribution >= 4 is 11.5 Å². The summed E-state index contributed by atoms with van der Waals surface area (Å²) in [5.74, 6) is 1.86. The number of pyridine rings is 1. The summed E-state index contributed by atoms with van der Waals surface area (Å²) in [6.07, 6.45) is 5.81. The monoisotopic (exact) mass is 219 g/mol. The molecule has 1 aromatic rings. The molecule has 0 spiro atoms. The lowest BCUT2D eigenvalue weighted by molar-refractivity contribution is 0.602. The maximum absolute atomic E-state index is 4.44. The van der Waals surface area contributed by atoms with E-state index in [1.807, 2.05) is 20.3 Å². The second-order valence-corrected chi connectivity index (χ2v) is 5.06. The van der Waals surface area contributed by atoms with Crippen LogP contribution in [0.5, 0.6) is 0 Å². The van der Waals surface area contributed by atoms with Crippen molar-refractivity contribution in [1.82, 2.24) is 4.98 Å². The first-order chi connectivity index (χ1) is 7.65. The van der Waals surface area contributed by atoms with Gasteiger partial charge in [-0.2, -0.15) is 0 Å². The van der Waals surface area contributed by atoms with E-state index in [0.717, 1.165) is 17.4 Å². The maximum Gasteiger partial charge on any atom is 0.126 e. The molecule has 0 radical (unpaired) electrons. The zero-order chi connectivity index (χ0) is 11.5. The largest absolute Gasteiger partial charge is 0.376 e. The number of hydrogen-bond donors (Lipinski definition) is 1. The minimum atomic E-state index is 0.618. The number of hydrogen-bond acceptors (Lipinski definition) is 3. The summed E-state index contributed by atoms with van der Waals surface area (Å²) in [6, 6.07) is 4.79. The molecule has 1 fully saturated rings. The van der Waals surface area contributed by atoms with Crippen LogP contribution in [0.3, 0.4) is 0 Å². The Hall–Kier alpha value is -1.25. The molecule has 1 saturated carbocycles. The Kier molecular flexibility index (Phi) is 3.32. The molecular formula is C13H21N3. The third-order valence-corrected chi connectivity index (χ3v) is 3.31. The van der Waals surface area contributed by atoms with Crippen molar-refractivity contribution in [3.8, 4) is 0 Å². The summed E-state index contributed by atoms with van der Waals surface area (Å²) in [4.78, 5) is 6.50. The number of aromatic nitrogens is 1. The van der Waals surface area contributed by atoms with Crippen molar-refractivity contribution in [2.45, 2.75) is 32.2 Å². The van der Waals surface area contributed by atoms with Gasteiger partial charge in [0.2, 0.25) is 0 Å². The number of nitrogens with one attached hydrogen (secondary N) is 1. The highest BCUT2D eigenvalue weighted by molar-refractivity contribution is 5.48. The molecule has 0 bridgehead atoms. The summed E-state index contributed by atoms with van der Waals surface area (Å²) < 4.78 is 0. The second-order valence-electron chi connectivity index (χ2n) is 5.06. The molecule has 1 heterocycles. The van der Waals surface area contributed by atoms with E-state index in [1.54, 1.807) is 0 Å². The van der Waals surface area contributed by atoms with Crippen LogP contribution in [0.1, 0.15) is 26.2 Å². The fourth-order valence-corrected chi connectivity index (χ4v) is 2.28. The Bertz CT molecular complexity index is 332. The zero-order valence-electron chi connectivity index (χ0n) is 10.4. The first-order valence-electron chi connectivity index (χ1n) is 6.05. The summed E-state index contributed by atoms with van der Waals surface area (Å²) in [6.45, 7) is 2.32. The lowest BCUT2D eigenvalue weighted by atomic mass is 10.1. The molecule has 2 unspecified atom stereocenters. The normalized spacial score (nSPS) is 24.4. The minimum absolute atomic E-state index is 0.618. The van der Waals surface area contributed by atoms with Crippen LogP contribution < -0.4 is 10.2 Å². The van der Waals surface area contributed by atoms with Gasteiger partial charge in [0.05, 0.1) is 11.9 Å². The van der Waals surface area contributed by atoms with Gasteiger partial charge < -0.3 is 10.2 Å². The van der Waals surface area contributed by atoms with Crippen molar-refractivity contribution in [3.05, 3.63) is 18.3 Å². The minimum Gasteiger partial charge on any atom is -0.376 e. The average Bonchev–Trinajstić information content (AvgIpc) is 2.65. The van der Waals surface area contributed by atoms with Crippen LogP contribution in [0.25, 0.3) is 0 Å². The van der Waals surface area contributed by atoms with Crippen LogP contribution in [0.2, 0.25) is 0 Å². The lowest BCUT2D eigenvalue weighted by Crippen LogP contribution is -2.16.